The molecule has 98 valence electrons. The van der Waals surface area contributed by atoms with E-state index >= 15 is 0 Å². The summed E-state index contributed by atoms with van der Waals surface area (Å²) in [5, 5.41) is 0. The third kappa shape index (κ3) is 2.73. The molecule has 0 unspecified atom stereocenters. The number of carbonyl (C=O) groups is 1. The summed E-state index contributed by atoms with van der Waals surface area (Å²) in [5.74, 6) is -0.261. The molecular formula is C15H16N2O2. The van der Waals surface area contributed by atoms with Crippen LogP contribution in [0.1, 0.15) is 17.3 Å². The number of pyridine rings is 1. The smallest absolute Gasteiger partial charge is 0.261 e. The standard InChI is InChI=1S/C15H16N2O2/c1-3-17(2)15(19)12-9-10-13(16-14(12)18)11-7-5-4-6-8-11/h4-10H,3H2,1-2H3,(H,16,18). The molecule has 0 saturated carbocycles. The SMILES string of the molecule is CCN(C)C(=O)c1ccc(-c2ccccc2)[nH]c1=O. The molecule has 0 aliphatic carbocycles. The molecule has 1 N–H and O–H groups in total. The molecule has 0 aliphatic heterocycles. The average molecular weight is 256 g/mol. The molecule has 0 atom stereocenters. The first-order chi connectivity index (χ1) is 9.13. The fourth-order valence-electron chi connectivity index (χ4n) is 1.78. The van der Waals surface area contributed by atoms with E-state index in [0.717, 1.165) is 5.56 Å². The fourth-order valence-corrected chi connectivity index (χ4v) is 1.78. The predicted octanol–water partition coefficient (Wildman–Crippen LogP) is 2.13. The van der Waals surface area contributed by atoms with Crippen LogP contribution in [0.5, 0.6) is 0 Å². The Kier molecular flexibility index (Phi) is 3.80. The number of aromatic nitrogens is 1. The fraction of sp³-hybridized carbons (Fsp3) is 0.200. The summed E-state index contributed by atoms with van der Waals surface area (Å²) in [6.45, 7) is 2.43. The first kappa shape index (κ1) is 13.1. The maximum atomic E-state index is 12.0. The summed E-state index contributed by atoms with van der Waals surface area (Å²) in [6.07, 6.45) is 0. The highest BCUT2D eigenvalue weighted by atomic mass is 16.2. The largest absolute Gasteiger partial charge is 0.342 e. The van der Waals surface area contributed by atoms with Crippen molar-refractivity contribution in [3.63, 3.8) is 0 Å². The van der Waals surface area contributed by atoms with Gasteiger partial charge in [-0.1, -0.05) is 30.3 Å². The van der Waals surface area contributed by atoms with E-state index in [2.05, 4.69) is 4.98 Å². The molecule has 0 fully saturated rings. The third-order valence-corrected chi connectivity index (χ3v) is 3.05. The number of amides is 1. The molecule has 4 nitrogen and oxygen atoms in total. The lowest BCUT2D eigenvalue weighted by Gasteiger charge is -2.13. The van der Waals surface area contributed by atoms with Crippen molar-refractivity contribution in [3.05, 3.63) is 58.4 Å². The first-order valence-electron chi connectivity index (χ1n) is 6.17. The zero-order valence-corrected chi connectivity index (χ0v) is 11.0. The molecule has 1 aromatic carbocycles. The van der Waals surface area contributed by atoms with E-state index in [1.54, 1.807) is 19.2 Å². The van der Waals surface area contributed by atoms with Crippen LogP contribution in [0, 0.1) is 0 Å². The van der Waals surface area contributed by atoms with Gasteiger partial charge in [0.1, 0.15) is 5.56 Å². The third-order valence-electron chi connectivity index (χ3n) is 3.05. The maximum absolute atomic E-state index is 12.0. The first-order valence-corrected chi connectivity index (χ1v) is 6.17. The summed E-state index contributed by atoms with van der Waals surface area (Å²) < 4.78 is 0. The number of nitrogens with zero attached hydrogens (tertiary/aromatic N) is 1. The van der Waals surface area contributed by atoms with Crippen molar-refractivity contribution in [3.8, 4) is 11.3 Å². The van der Waals surface area contributed by atoms with Gasteiger partial charge in [-0.3, -0.25) is 9.59 Å². The number of hydrogen-bond acceptors (Lipinski definition) is 2. The summed E-state index contributed by atoms with van der Waals surface area (Å²) in [4.78, 5) is 28.2. The van der Waals surface area contributed by atoms with E-state index in [1.165, 1.54) is 4.90 Å². The van der Waals surface area contributed by atoms with Gasteiger partial charge in [-0.25, -0.2) is 0 Å². The Morgan fingerprint density at radius 1 is 1.16 bits per heavy atom. The molecule has 0 spiro atoms. The molecule has 0 radical (unpaired) electrons. The Morgan fingerprint density at radius 2 is 1.84 bits per heavy atom. The lowest BCUT2D eigenvalue weighted by Crippen LogP contribution is -2.31. The van der Waals surface area contributed by atoms with Crippen LogP contribution in [0.3, 0.4) is 0 Å². The monoisotopic (exact) mass is 256 g/mol. The highest BCUT2D eigenvalue weighted by molar-refractivity contribution is 5.93. The second kappa shape index (κ2) is 5.52. The molecule has 4 heteroatoms. The molecular weight excluding hydrogens is 240 g/mol. The van der Waals surface area contributed by atoms with E-state index in [0.29, 0.717) is 12.2 Å². The normalized spacial score (nSPS) is 10.2. The van der Waals surface area contributed by atoms with Crippen LogP contribution in [0.15, 0.2) is 47.3 Å². The van der Waals surface area contributed by atoms with Gasteiger partial charge in [0.15, 0.2) is 0 Å². The molecule has 2 rings (SSSR count). The van der Waals surface area contributed by atoms with Gasteiger partial charge in [0.2, 0.25) is 0 Å². The number of H-pyrrole nitrogens is 1. The van der Waals surface area contributed by atoms with Crippen LogP contribution in [-0.2, 0) is 0 Å². The summed E-state index contributed by atoms with van der Waals surface area (Å²) in [7, 11) is 1.67. The van der Waals surface area contributed by atoms with Gasteiger partial charge in [-0.2, -0.15) is 0 Å². The summed E-state index contributed by atoms with van der Waals surface area (Å²) in [5.41, 5.74) is 1.44. The van der Waals surface area contributed by atoms with Crippen molar-refractivity contribution in [2.45, 2.75) is 6.92 Å². The predicted molar refractivity (Wildman–Crippen MR) is 75.1 cm³/mol. The van der Waals surface area contributed by atoms with Crippen molar-refractivity contribution in [2.24, 2.45) is 0 Å². The molecule has 1 aromatic heterocycles. The van der Waals surface area contributed by atoms with Gasteiger partial charge in [0.25, 0.3) is 11.5 Å². The van der Waals surface area contributed by atoms with Crippen molar-refractivity contribution in [2.75, 3.05) is 13.6 Å². The minimum atomic E-state index is -0.355. The summed E-state index contributed by atoms with van der Waals surface area (Å²) >= 11 is 0. The van der Waals surface area contributed by atoms with E-state index < -0.39 is 0 Å². The Labute approximate surface area is 111 Å². The second-order valence-electron chi connectivity index (χ2n) is 4.30. The Bertz CT molecular complexity index is 632. The van der Waals surface area contributed by atoms with Gasteiger partial charge in [-0.15, -0.1) is 0 Å². The Morgan fingerprint density at radius 3 is 2.42 bits per heavy atom. The number of rotatable bonds is 3. The molecule has 0 saturated heterocycles. The van der Waals surface area contributed by atoms with Crippen LogP contribution < -0.4 is 5.56 Å². The average Bonchev–Trinajstić information content (AvgIpc) is 2.46. The van der Waals surface area contributed by atoms with Gasteiger partial charge in [0.05, 0.1) is 0 Å². The quantitative estimate of drug-likeness (QED) is 0.914. The minimum absolute atomic E-state index is 0.170. The van der Waals surface area contributed by atoms with Gasteiger partial charge >= 0.3 is 0 Å². The van der Waals surface area contributed by atoms with Crippen LogP contribution in [0.25, 0.3) is 11.3 Å². The van der Waals surface area contributed by atoms with Gasteiger partial charge < -0.3 is 9.88 Å². The van der Waals surface area contributed by atoms with Crippen LogP contribution in [-0.4, -0.2) is 29.4 Å². The van der Waals surface area contributed by atoms with Gasteiger partial charge in [-0.05, 0) is 24.6 Å². The summed E-state index contributed by atoms with van der Waals surface area (Å²) in [6, 6.07) is 12.9. The van der Waals surface area contributed by atoms with Crippen molar-refractivity contribution < 1.29 is 4.79 Å². The highest BCUT2D eigenvalue weighted by Crippen LogP contribution is 2.14. The minimum Gasteiger partial charge on any atom is -0.342 e. The Balaban J connectivity index is 2.38. The van der Waals surface area contributed by atoms with E-state index in [1.807, 2.05) is 37.3 Å². The maximum Gasteiger partial charge on any atom is 0.261 e. The number of nitrogens with one attached hydrogen (secondary N) is 1. The lowest BCUT2D eigenvalue weighted by atomic mass is 10.1. The van der Waals surface area contributed by atoms with E-state index in [4.69, 9.17) is 0 Å². The van der Waals surface area contributed by atoms with Crippen molar-refractivity contribution >= 4 is 5.91 Å². The molecule has 1 amide bonds. The van der Waals surface area contributed by atoms with Gasteiger partial charge in [0, 0.05) is 19.3 Å². The molecule has 0 bridgehead atoms. The zero-order valence-electron chi connectivity index (χ0n) is 11.0. The van der Waals surface area contributed by atoms with Crippen molar-refractivity contribution in [1.82, 2.24) is 9.88 Å². The number of aromatic amines is 1. The molecule has 2 aromatic rings. The van der Waals surface area contributed by atoms with Crippen molar-refractivity contribution in [1.29, 1.82) is 0 Å². The van der Waals surface area contributed by atoms with Crippen LogP contribution >= 0.6 is 0 Å². The molecule has 0 aliphatic rings. The zero-order chi connectivity index (χ0) is 13.8. The molecule has 1 heterocycles. The Hall–Kier alpha value is -2.36. The van der Waals surface area contributed by atoms with E-state index in [9.17, 15) is 9.59 Å². The van der Waals surface area contributed by atoms with E-state index in [-0.39, 0.29) is 17.0 Å². The second-order valence-corrected chi connectivity index (χ2v) is 4.30. The van der Waals surface area contributed by atoms with Crippen LogP contribution in [0.2, 0.25) is 0 Å². The number of hydrogen-bond donors (Lipinski definition) is 1. The number of carbonyl (C=O) groups excluding carboxylic acids is 1. The number of benzene rings is 1. The topological polar surface area (TPSA) is 53.2 Å². The highest BCUT2D eigenvalue weighted by Gasteiger charge is 2.14. The molecule has 19 heavy (non-hydrogen) atoms. The lowest BCUT2D eigenvalue weighted by molar-refractivity contribution is 0.0800. The van der Waals surface area contributed by atoms with Crippen LogP contribution in [0.4, 0.5) is 0 Å².